The SMILES string of the molecule is S=c1[nH]nc(-c2cccc(Cl)c2)n1N=Cc1ccc(OCc2ccccc2)cc1. The summed E-state index contributed by atoms with van der Waals surface area (Å²) in [6.45, 7) is 0.529. The van der Waals surface area contributed by atoms with E-state index in [0.29, 0.717) is 22.2 Å². The predicted octanol–water partition coefficient (Wildman–Crippen LogP) is 5.72. The highest BCUT2D eigenvalue weighted by molar-refractivity contribution is 7.71. The number of rotatable bonds is 6. The van der Waals surface area contributed by atoms with Crippen molar-refractivity contribution in [2.24, 2.45) is 5.10 Å². The van der Waals surface area contributed by atoms with Gasteiger partial charge in [0, 0.05) is 10.6 Å². The molecule has 0 unspecified atom stereocenters. The number of hydrogen-bond donors (Lipinski definition) is 1. The van der Waals surface area contributed by atoms with E-state index in [-0.39, 0.29) is 0 Å². The van der Waals surface area contributed by atoms with Gasteiger partial charge in [0.25, 0.3) is 0 Å². The summed E-state index contributed by atoms with van der Waals surface area (Å²) in [7, 11) is 0. The smallest absolute Gasteiger partial charge is 0.216 e. The largest absolute Gasteiger partial charge is 0.489 e. The van der Waals surface area contributed by atoms with Crippen molar-refractivity contribution in [2.75, 3.05) is 0 Å². The van der Waals surface area contributed by atoms with Gasteiger partial charge in [0.15, 0.2) is 5.82 Å². The average Bonchev–Trinajstić information content (AvgIpc) is 3.12. The third-order valence-electron chi connectivity index (χ3n) is 4.18. The Morgan fingerprint density at radius 3 is 2.59 bits per heavy atom. The molecule has 7 heteroatoms. The molecule has 0 bridgehead atoms. The van der Waals surface area contributed by atoms with E-state index in [4.69, 9.17) is 28.6 Å². The number of ether oxygens (including phenoxy) is 1. The summed E-state index contributed by atoms with van der Waals surface area (Å²) in [4.78, 5) is 0. The van der Waals surface area contributed by atoms with Crippen LogP contribution in [0.1, 0.15) is 11.1 Å². The Morgan fingerprint density at radius 2 is 1.83 bits per heavy atom. The number of aromatic nitrogens is 3. The van der Waals surface area contributed by atoms with E-state index in [0.717, 1.165) is 22.4 Å². The van der Waals surface area contributed by atoms with Crippen LogP contribution in [0.2, 0.25) is 5.02 Å². The second-order valence-electron chi connectivity index (χ2n) is 6.26. The Hall–Kier alpha value is -3.22. The van der Waals surface area contributed by atoms with Gasteiger partial charge in [0.1, 0.15) is 12.4 Å². The molecule has 0 saturated carbocycles. The molecule has 0 saturated heterocycles. The van der Waals surface area contributed by atoms with E-state index in [1.165, 1.54) is 0 Å². The normalized spacial score (nSPS) is 11.1. The second kappa shape index (κ2) is 8.86. The monoisotopic (exact) mass is 420 g/mol. The molecule has 0 atom stereocenters. The molecule has 5 nitrogen and oxygen atoms in total. The second-order valence-corrected chi connectivity index (χ2v) is 7.09. The van der Waals surface area contributed by atoms with Gasteiger partial charge < -0.3 is 4.74 Å². The summed E-state index contributed by atoms with van der Waals surface area (Å²) in [6, 6.07) is 25.1. The summed E-state index contributed by atoms with van der Waals surface area (Å²) in [6.07, 6.45) is 1.72. The Kier molecular flexibility index (Phi) is 5.84. The van der Waals surface area contributed by atoms with E-state index >= 15 is 0 Å². The lowest BCUT2D eigenvalue weighted by Gasteiger charge is -2.06. The predicted molar refractivity (Wildman–Crippen MR) is 118 cm³/mol. The van der Waals surface area contributed by atoms with Gasteiger partial charge in [-0.3, -0.25) is 0 Å². The van der Waals surface area contributed by atoms with Crippen molar-refractivity contribution < 1.29 is 4.74 Å². The fraction of sp³-hybridized carbons (Fsp3) is 0.0455. The Bertz CT molecular complexity index is 1180. The topological polar surface area (TPSA) is 55.2 Å². The quantitative estimate of drug-likeness (QED) is 0.320. The third-order valence-corrected chi connectivity index (χ3v) is 4.68. The molecule has 4 aromatic rings. The molecular formula is C22H17ClN4OS. The van der Waals surface area contributed by atoms with Crippen molar-refractivity contribution >= 4 is 30.0 Å². The number of nitrogens with zero attached hydrogens (tertiary/aromatic N) is 3. The molecule has 0 aliphatic rings. The maximum Gasteiger partial charge on any atom is 0.216 e. The van der Waals surface area contributed by atoms with E-state index in [9.17, 15) is 0 Å². The lowest BCUT2D eigenvalue weighted by atomic mass is 10.2. The Morgan fingerprint density at radius 1 is 1.03 bits per heavy atom. The molecule has 0 aliphatic carbocycles. The zero-order chi connectivity index (χ0) is 20.1. The first-order chi connectivity index (χ1) is 14.2. The van der Waals surface area contributed by atoms with Crippen LogP contribution in [0, 0.1) is 4.77 Å². The molecule has 0 fully saturated rings. The fourth-order valence-corrected chi connectivity index (χ4v) is 3.10. The summed E-state index contributed by atoms with van der Waals surface area (Å²) < 4.78 is 7.78. The van der Waals surface area contributed by atoms with Crippen molar-refractivity contribution in [2.45, 2.75) is 6.61 Å². The first-order valence-corrected chi connectivity index (χ1v) is 9.72. The summed E-state index contributed by atoms with van der Waals surface area (Å²) in [5.74, 6) is 1.39. The minimum absolute atomic E-state index is 0.402. The molecule has 3 aromatic carbocycles. The molecular weight excluding hydrogens is 404 g/mol. The lowest BCUT2D eigenvalue weighted by Crippen LogP contribution is -1.96. The van der Waals surface area contributed by atoms with E-state index < -0.39 is 0 Å². The van der Waals surface area contributed by atoms with Crippen LogP contribution in [0.25, 0.3) is 11.4 Å². The van der Waals surface area contributed by atoms with Gasteiger partial charge in [0.05, 0.1) is 6.21 Å². The van der Waals surface area contributed by atoms with Gasteiger partial charge in [-0.1, -0.05) is 54.1 Å². The highest BCUT2D eigenvalue weighted by Crippen LogP contribution is 2.21. The van der Waals surface area contributed by atoms with Crippen molar-refractivity contribution in [3.63, 3.8) is 0 Å². The number of hydrogen-bond acceptors (Lipinski definition) is 4. The van der Waals surface area contributed by atoms with Gasteiger partial charge in [-0.25, -0.2) is 5.10 Å². The van der Waals surface area contributed by atoms with Gasteiger partial charge in [0.2, 0.25) is 4.77 Å². The van der Waals surface area contributed by atoms with Crippen LogP contribution in [0.3, 0.4) is 0 Å². The molecule has 1 N–H and O–H groups in total. The molecule has 0 spiro atoms. The molecule has 1 aromatic heterocycles. The summed E-state index contributed by atoms with van der Waals surface area (Å²) in [5, 5.41) is 12.1. The van der Waals surface area contributed by atoms with Crippen LogP contribution < -0.4 is 4.74 Å². The highest BCUT2D eigenvalue weighted by atomic mass is 35.5. The molecule has 144 valence electrons. The van der Waals surface area contributed by atoms with E-state index in [1.807, 2.05) is 72.8 Å². The Labute approximate surface area is 178 Å². The maximum atomic E-state index is 6.08. The van der Waals surface area contributed by atoms with Crippen LogP contribution >= 0.6 is 23.8 Å². The lowest BCUT2D eigenvalue weighted by molar-refractivity contribution is 0.306. The van der Waals surface area contributed by atoms with Crippen molar-refractivity contribution in [3.8, 4) is 17.1 Å². The summed E-state index contributed by atoms with van der Waals surface area (Å²) in [5.41, 5.74) is 2.87. The number of aromatic amines is 1. The van der Waals surface area contributed by atoms with Crippen LogP contribution in [0.15, 0.2) is 84.0 Å². The van der Waals surface area contributed by atoms with Gasteiger partial charge >= 0.3 is 0 Å². The highest BCUT2D eigenvalue weighted by Gasteiger charge is 2.08. The van der Waals surface area contributed by atoms with Gasteiger partial charge in [-0.05, 0) is 59.7 Å². The van der Waals surface area contributed by atoms with Crippen molar-refractivity contribution in [1.82, 2.24) is 14.9 Å². The van der Waals surface area contributed by atoms with Crippen LogP contribution in [-0.2, 0) is 6.61 Å². The number of nitrogens with one attached hydrogen (secondary N) is 1. The zero-order valence-corrected chi connectivity index (χ0v) is 16.9. The number of halogens is 1. The number of benzene rings is 3. The van der Waals surface area contributed by atoms with E-state index in [1.54, 1.807) is 17.0 Å². The summed E-state index contributed by atoms with van der Waals surface area (Å²) >= 11 is 11.4. The zero-order valence-electron chi connectivity index (χ0n) is 15.3. The average molecular weight is 421 g/mol. The van der Waals surface area contributed by atoms with Crippen molar-refractivity contribution in [1.29, 1.82) is 0 Å². The van der Waals surface area contributed by atoms with Crippen molar-refractivity contribution in [3.05, 3.63) is 99.8 Å². The molecule has 29 heavy (non-hydrogen) atoms. The molecule has 0 radical (unpaired) electrons. The number of H-pyrrole nitrogens is 1. The minimum Gasteiger partial charge on any atom is -0.489 e. The van der Waals surface area contributed by atoms with Gasteiger partial charge in [-0.2, -0.15) is 14.9 Å². The fourth-order valence-electron chi connectivity index (χ4n) is 2.73. The first kappa shape index (κ1) is 19.1. The standard InChI is InChI=1S/C22H17ClN4OS/c23-19-8-4-7-18(13-19)21-25-26-22(29)27(21)24-14-16-9-11-20(12-10-16)28-15-17-5-2-1-3-6-17/h1-14H,15H2,(H,26,29). The van der Waals surface area contributed by atoms with Crippen LogP contribution in [0.4, 0.5) is 0 Å². The first-order valence-electron chi connectivity index (χ1n) is 8.93. The van der Waals surface area contributed by atoms with Crippen LogP contribution in [0.5, 0.6) is 5.75 Å². The third kappa shape index (κ3) is 4.80. The molecule has 0 amide bonds. The van der Waals surface area contributed by atoms with Gasteiger partial charge in [-0.15, -0.1) is 0 Å². The maximum absolute atomic E-state index is 6.08. The molecule has 4 rings (SSSR count). The molecule has 0 aliphatic heterocycles. The van der Waals surface area contributed by atoms with E-state index in [2.05, 4.69) is 15.3 Å². The molecule has 1 heterocycles. The minimum atomic E-state index is 0.402. The Balaban J connectivity index is 1.48. The van der Waals surface area contributed by atoms with Crippen LogP contribution in [-0.4, -0.2) is 21.1 Å².